The maximum absolute atomic E-state index is 9.28. The molecule has 0 aliphatic carbocycles. The van der Waals surface area contributed by atoms with Gasteiger partial charge in [-0.25, -0.2) is 4.57 Å². The van der Waals surface area contributed by atoms with E-state index in [4.69, 9.17) is 0 Å². The topological polar surface area (TPSA) is 26.3 Å². The van der Waals surface area contributed by atoms with Crippen LogP contribution in [-0.2, 0) is 9.09 Å². The van der Waals surface area contributed by atoms with Crippen molar-refractivity contribution in [2.45, 2.75) is 6.92 Å². The van der Waals surface area contributed by atoms with E-state index in [0.717, 1.165) is 0 Å². The molecule has 33 valence electrons. The van der Waals surface area contributed by atoms with Gasteiger partial charge in [-0.15, -0.1) is 0 Å². The quantitative estimate of drug-likeness (QED) is 0.668. The van der Waals surface area contributed by atoms with Crippen molar-refractivity contribution >= 4 is 8.69 Å². The summed E-state index contributed by atoms with van der Waals surface area (Å²) in [5.74, 6) is 0. The Kier molecular flexibility index (Phi) is 16.3. The summed E-state index contributed by atoms with van der Waals surface area (Å²) >= 11 is 0. The van der Waals surface area contributed by atoms with Crippen LogP contribution in [0.4, 0.5) is 0 Å². The van der Waals surface area contributed by atoms with Crippen LogP contribution in [0.15, 0.2) is 0 Å². The third kappa shape index (κ3) is 8.98. The zero-order valence-electron chi connectivity index (χ0n) is 3.55. The molecule has 1 radical (unpaired) electrons. The number of rotatable bonds is 2. The fourth-order valence-electron chi connectivity index (χ4n) is 0.0527. The summed E-state index contributed by atoms with van der Waals surface area (Å²) in [5.41, 5.74) is 0. The van der Waals surface area contributed by atoms with Gasteiger partial charge < -0.3 is 0 Å². The predicted molar refractivity (Wildman–Crippen MR) is 19.2 cm³/mol. The van der Waals surface area contributed by atoms with E-state index in [1.807, 2.05) is 0 Å². The van der Waals surface area contributed by atoms with Gasteiger partial charge in [0, 0.05) is 35.6 Å². The first-order chi connectivity index (χ1) is 2.41. The Balaban J connectivity index is 0. The first kappa shape index (κ1) is 10.3. The molecule has 0 rings (SSSR count). The van der Waals surface area contributed by atoms with Crippen LogP contribution >= 0.6 is 8.69 Å². The van der Waals surface area contributed by atoms with Crippen molar-refractivity contribution in [1.29, 1.82) is 0 Å². The monoisotopic (exact) mass is 231 g/mol. The zero-order chi connectivity index (χ0) is 4.12. The molecule has 0 N–H and O–H groups in total. The summed E-state index contributed by atoms with van der Waals surface area (Å²) in [4.78, 5) is 0. The van der Waals surface area contributed by atoms with Crippen molar-refractivity contribution in [2.24, 2.45) is 0 Å². The molecule has 0 aliphatic heterocycles. The molecular formula is C2H5LaO2P. The molecule has 0 unspecified atom stereocenters. The van der Waals surface area contributed by atoms with Crippen molar-refractivity contribution < 1.29 is 44.7 Å². The van der Waals surface area contributed by atoms with E-state index in [1.165, 1.54) is 0 Å². The zero-order valence-corrected chi connectivity index (χ0v) is 8.07. The maximum atomic E-state index is 9.28. The Morgan fingerprint density at radius 2 is 2.33 bits per heavy atom. The summed E-state index contributed by atoms with van der Waals surface area (Å²) in [5, 5.41) is 0. The molecule has 0 atom stereocenters. The van der Waals surface area contributed by atoms with Gasteiger partial charge in [0.2, 0.25) is 0 Å². The van der Waals surface area contributed by atoms with Gasteiger partial charge >= 0.3 is 8.69 Å². The smallest absolute Gasteiger partial charge is 0.295 e. The summed E-state index contributed by atoms with van der Waals surface area (Å²) in [7, 11) is -0.220. The van der Waals surface area contributed by atoms with Crippen LogP contribution in [0.25, 0.3) is 0 Å². The van der Waals surface area contributed by atoms with Crippen molar-refractivity contribution in [3.63, 3.8) is 0 Å². The van der Waals surface area contributed by atoms with Gasteiger partial charge in [0.05, 0.1) is 6.61 Å². The van der Waals surface area contributed by atoms with Gasteiger partial charge in [-0.3, -0.25) is 4.52 Å². The van der Waals surface area contributed by atoms with Crippen LogP contribution < -0.4 is 0 Å². The number of hydrogen-bond acceptors (Lipinski definition) is 2. The van der Waals surface area contributed by atoms with Crippen LogP contribution in [0.5, 0.6) is 0 Å². The van der Waals surface area contributed by atoms with E-state index < -0.39 is 0 Å². The van der Waals surface area contributed by atoms with Crippen molar-refractivity contribution in [3.05, 3.63) is 0 Å². The standard InChI is InChI=1S/C2H5O2P.La/c1-2-4-5-3;/h2H2,1H3;. The van der Waals surface area contributed by atoms with Gasteiger partial charge in [0.1, 0.15) is 0 Å². The molecule has 2 nitrogen and oxygen atoms in total. The van der Waals surface area contributed by atoms with Gasteiger partial charge in [0.15, 0.2) is 0 Å². The second-order valence-electron chi connectivity index (χ2n) is 0.492. The third-order valence-electron chi connectivity index (χ3n) is 0.182. The minimum Gasteiger partial charge on any atom is -0.295 e. The van der Waals surface area contributed by atoms with Crippen molar-refractivity contribution in [1.82, 2.24) is 0 Å². The Hall–Kier alpha value is 1.25. The Labute approximate surface area is 66.5 Å². The molecule has 0 saturated heterocycles. The molecule has 0 spiro atoms. The molecule has 0 bridgehead atoms. The van der Waals surface area contributed by atoms with Gasteiger partial charge in [-0.1, -0.05) is 0 Å². The normalized spacial score (nSPS) is 7.50. The summed E-state index contributed by atoms with van der Waals surface area (Å²) in [6.45, 7) is 2.30. The third-order valence-corrected chi connectivity index (χ3v) is 0.545. The summed E-state index contributed by atoms with van der Waals surface area (Å²) in [6.07, 6.45) is 0. The summed E-state index contributed by atoms with van der Waals surface area (Å²) in [6, 6.07) is 0. The van der Waals surface area contributed by atoms with E-state index in [9.17, 15) is 4.57 Å². The fraction of sp³-hybridized carbons (Fsp3) is 1.00. The molecule has 0 aromatic heterocycles. The van der Waals surface area contributed by atoms with Crippen LogP contribution in [0, 0.1) is 35.6 Å². The van der Waals surface area contributed by atoms with Crippen molar-refractivity contribution in [3.8, 4) is 0 Å². The van der Waals surface area contributed by atoms with E-state index in [0.29, 0.717) is 6.61 Å². The van der Waals surface area contributed by atoms with Gasteiger partial charge in [0.25, 0.3) is 0 Å². The maximum Gasteiger partial charge on any atom is 0.327 e. The Morgan fingerprint density at radius 1 is 1.83 bits per heavy atom. The first-order valence-electron chi connectivity index (χ1n) is 1.36. The van der Waals surface area contributed by atoms with Gasteiger partial charge in [-0.2, -0.15) is 0 Å². The molecule has 6 heavy (non-hydrogen) atoms. The average Bonchev–Trinajstić information content (AvgIpc) is 1.41. The Bertz CT molecular complexity index is 32.7. The number of hydrogen-bond donors (Lipinski definition) is 0. The fourth-order valence-corrected chi connectivity index (χ4v) is 0.158. The van der Waals surface area contributed by atoms with E-state index >= 15 is 0 Å². The SMILES string of the molecule is CCOP=O.[La]. The van der Waals surface area contributed by atoms with E-state index in [-0.39, 0.29) is 44.3 Å². The van der Waals surface area contributed by atoms with Crippen LogP contribution in [-0.4, -0.2) is 6.61 Å². The molecule has 0 amide bonds. The molecule has 0 fully saturated rings. The van der Waals surface area contributed by atoms with Crippen LogP contribution in [0.3, 0.4) is 0 Å². The molecule has 0 aromatic rings. The molecule has 4 heteroatoms. The van der Waals surface area contributed by atoms with Gasteiger partial charge in [-0.05, 0) is 6.92 Å². The predicted octanol–water partition coefficient (Wildman–Crippen LogP) is 1.23. The van der Waals surface area contributed by atoms with E-state index in [1.54, 1.807) is 6.92 Å². The summed E-state index contributed by atoms with van der Waals surface area (Å²) < 4.78 is 13.5. The first-order valence-corrected chi connectivity index (χ1v) is 2.09. The molecular weight excluding hydrogens is 226 g/mol. The Morgan fingerprint density at radius 3 is 2.33 bits per heavy atom. The van der Waals surface area contributed by atoms with Crippen LogP contribution in [0.1, 0.15) is 6.92 Å². The molecule has 0 aliphatic rings. The second kappa shape index (κ2) is 9.54. The largest absolute Gasteiger partial charge is 0.327 e. The molecule has 0 heterocycles. The van der Waals surface area contributed by atoms with Crippen molar-refractivity contribution in [2.75, 3.05) is 6.61 Å². The minimum absolute atomic E-state index is 0. The average molecular weight is 231 g/mol. The molecule has 0 aromatic carbocycles. The van der Waals surface area contributed by atoms with E-state index in [2.05, 4.69) is 4.52 Å². The van der Waals surface area contributed by atoms with Crippen LogP contribution in [0.2, 0.25) is 0 Å². The minimum atomic E-state index is -0.220. The second-order valence-corrected chi connectivity index (χ2v) is 0.900. The molecule has 0 saturated carbocycles.